The lowest BCUT2D eigenvalue weighted by Crippen LogP contribution is -2.35. The monoisotopic (exact) mass is 442 g/mol. The number of aryl methyl sites for hydroxylation is 1. The molecule has 1 amide bonds. The van der Waals surface area contributed by atoms with Crippen molar-refractivity contribution in [3.8, 4) is 11.5 Å². The van der Waals surface area contributed by atoms with Gasteiger partial charge in [0.25, 0.3) is 0 Å². The van der Waals surface area contributed by atoms with Crippen molar-refractivity contribution >= 4 is 5.91 Å². The zero-order valence-corrected chi connectivity index (χ0v) is 19.8. The van der Waals surface area contributed by atoms with E-state index in [-0.39, 0.29) is 5.91 Å². The van der Waals surface area contributed by atoms with Crippen LogP contribution in [0.5, 0.6) is 11.5 Å². The molecule has 0 saturated carbocycles. The number of likely N-dealkylation sites (tertiary alicyclic amines) is 1. The molecule has 176 valence electrons. The number of imidazole rings is 1. The van der Waals surface area contributed by atoms with Crippen LogP contribution in [-0.4, -0.2) is 48.1 Å². The van der Waals surface area contributed by atoms with Crippen LogP contribution in [0.1, 0.15) is 62.5 Å². The maximum absolute atomic E-state index is 12.4. The fourth-order valence-corrected chi connectivity index (χ4v) is 4.34. The molecule has 2 heterocycles. The van der Waals surface area contributed by atoms with Crippen molar-refractivity contribution in [3.63, 3.8) is 0 Å². The van der Waals surface area contributed by atoms with Crippen LogP contribution in [0, 0.1) is 5.92 Å². The average molecular weight is 443 g/mol. The first-order valence-corrected chi connectivity index (χ1v) is 11.8. The van der Waals surface area contributed by atoms with Crippen LogP contribution in [0.25, 0.3) is 0 Å². The van der Waals surface area contributed by atoms with Crippen LogP contribution in [0.15, 0.2) is 24.4 Å². The minimum atomic E-state index is 0.0918. The molecule has 0 bridgehead atoms. The van der Waals surface area contributed by atoms with Gasteiger partial charge in [0.15, 0.2) is 0 Å². The molecular formula is C25H38N4O3. The molecule has 32 heavy (non-hydrogen) atoms. The number of hydrogen-bond acceptors (Lipinski definition) is 5. The molecule has 1 fully saturated rings. The number of piperidine rings is 1. The van der Waals surface area contributed by atoms with Gasteiger partial charge in [0.2, 0.25) is 5.91 Å². The predicted molar refractivity (Wildman–Crippen MR) is 126 cm³/mol. The van der Waals surface area contributed by atoms with Gasteiger partial charge in [0, 0.05) is 56.0 Å². The Hall–Kier alpha value is -2.54. The predicted octanol–water partition coefficient (Wildman–Crippen LogP) is 4.08. The molecule has 1 aromatic carbocycles. The molecule has 1 saturated heterocycles. The number of carbonyl (C=O) groups excluding carboxylic acids is 1. The number of methoxy groups -OCH3 is 2. The first-order chi connectivity index (χ1) is 15.6. The van der Waals surface area contributed by atoms with E-state index in [0.717, 1.165) is 55.4 Å². The lowest BCUT2D eigenvalue weighted by molar-refractivity contribution is -0.121. The largest absolute Gasteiger partial charge is 0.497 e. The average Bonchev–Trinajstić information content (AvgIpc) is 3.27. The fraction of sp³-hybridized carbons (Fsp3) is 0.600. The Morgan fingerprint density at radius 1 is 1.31 bits per heavy atom. The van der Waals surface area contributed by atoms with Crippen LogP contribution >= 0.6 is 0 Å². The fourth-order valence-electron chi connectivity index (χ4n) is 4.34. The highest BCUT2D eigenvalue weighted by Crippen LogP contribution is 2.25. The molecule has 2 aromatic rings. The second-order valence-corrected chi connectivity index (χ2v) is 8.70. The molecule has 1 aliphatic heterocycles. The van der Waals surface area contributed by atoms with Gasteiger partial charge in [-0.1, -0.05) is 13.3 Å². The number of amides is 1. The zero-order chi connectivity index (χ0) is 22.8. The molecule has 0 radical (unpaired) electrons. The third-order valence-electron chi connectivity index (χ3n) is 6.20. The van der Waals surface area contributed by atoms with Gasteiger partial charge in [-0.25, -0.2) is 4.98 Å². The summed E-state index contributed by atoms with van der Waals surface area (Å²) in [6, 6.07) is 5.65. The lowest BCUT2D eigenvalue weighted by Gasteiger charge is -2.32. The second kappa shape index (κ2) is 12.5. The molecule has 7 heteroatoms. The Morgan fingerprint density at radius 2 is 2.19 bits per heavy atom. The van der Waals surface area contributed by atoms with Gasteiger partial charge in [0.05, 0.1) is 14.2 Å². The number of ether oxygens (including phenoxy) is 2. The Morgan fingerprint density at radius 3 is 2.97 bits per heavy atom. The van der Waals surface area contributed by atoms with Crippen LogP contribution in [0.2, 0.25) is 0 Å². The number of rotatable bonds is 12. The van der Waals surface area contributed by atoms with Gasteiger partial charge >= 0.3 is 0 Å². The Labute approximate surface area is 191 Å². The smallest absolute Gasteiger partial charge is 0.220 e. The van der Waals surface area contributed by atoms with Crippen molar-refractivity contribution in [3.05, 3.63) is 41.5 Å². The first kappa shape index (κ1) is 24.1. The van der Waals surface area contributed by atoms with E-state index in [1.54, 1.807) is 14.2 Å². The molecule has 7 nitrogen and oxygen atoms in total. The van der Waals surface area contributed by atoms with Gasteiger partial charge in [-0.15, -0.1) is 0 Å². The molecule has 1 unspecified atom stereocenters. The van der Waals surface area contributed by atoms with E-state index < -0.39 is 0 Å². The van der Waals surface area contributed by atoms with Gasteiger partial charge in [0.1, 0.15) is 17.3 Å². The summed E-state index contributed by atoms with van der Waals surface area (Å²) in [5.74, 6) is 3.22. The van der Waals surface area contributed by atoms with Crippen LogP contribution < -0.4 is 14.8 Å². The van der Waals surface area contributed by atoms with Gasteiger partial charge in [-0.05, 0) is 50.3 Å². The Kier molecular flexibility index (Phi) is 9.41. The van der Waals surface area contributed by atoms with Gasteiger partial charge < -0.3 is 19.8 Å². The summed E-state index contributed by atoms with van der Waals surface area (Å²) in [7, 11) is 3.26. The highest BCUT2D eigenvalue weighted by molar-refractivity contribution is 5.75. The number of hydrogen-bond donors (Lipinski definition) is 2. The zero-order valence-electron chi connectivity index (χ0n) is 19.8. The molecule has 1 atom stereocenters. The maximum atomic E-state index is 12.4. The highest BCUT2D eigenvalue weighted by Gasteiger charge is 2.21. The van der Waals surface area contributed by atoms with E-state index in [9.17, 15) is 4.79 Å². The molecule has 3 rings (SSSR count). The highest BCUT2D eigenvalue weighted by atomic mass is 16.5. The van der Waals surface area contributed by atoms with Crippen molar-refractivity contribution in [1.29, 1.82) is 0 Å². The van der Waals surface area contributed by atoms with E-state index in [2.05, 4.69) is 27.1 Å². The number of benzene rings is 1. The third-order valence-corrected chi connectivity index (χ3v) is 6.20. The van der Waals surface area contributed by atoms with Crippen LogP contribution in [0.3, 0.4) is 0 Å². The molecule has 0 spiro atoms. The number of aromatic nitrogens is 2. The summed E-state index contributed by atoms with van der Waals surface area (Å²) < 4.78 is 10.6. The van der Waals surface area contributed by atoms with Crippen LogP contribution in [0.4, 0.5) is 0 Å². The maximum Gasteiger partial charge on any atom is 0.220 e. The number of carbonyl (C=O) groups is 1. The number of nitrogens with zero attached hydrogens (tertiary/aromatic N) is 2. The normalized spacial score (nSPS) is 16.7. The molecule has 2 N–H and O–H groups in total. The topological polar surface area (TPSA) is 79.5 Å². The second-order valence-electron chi connectivity index (χ2n) is 8.70. The Balaban J connectivity index is 1.40. The molecule has 1 aromatic heterocycles. The summed E-state index contributed by atoms with van der Waals surface area (Å²) in [5, 5.41) is 3.03. The summed E-state index contributed by atoms with van der Waals surface area (Å²) in [5.41, 5.74) is 2.14. The van der Waals surface area contributed by atoms with Crippen molar-refractivity contribution in [2.45, 2.75) is 65.0 Å². The number of H-pyrrole nitrogens is 1. The summed E-state index contributed by atoms with van der Waals surface area (Å²) in [6.45, 7) is 5.74. The molecular weight excluding hydrogens is 404 g/mol. The summed E-state index contributed by atoms with van der Waals surface area (Å²) in [6.07, 6.45) is 9.23. The van der Waals surface area contributed by atoms with E-state index in [1.807, 2.05) is 24.4 Å². The third kappa shape index (κ3) is 7.26. The Bertz CT molecular complexity index is 851. The SMILES string of the molecule is CCCCc1ncc(CN2CCCC(CCC(=O)NCc3ccc(OC)cc3OC)C2)[nH]1. The number of aromatic amines is 1. The summed E-state index contributed by atoms with van der Waals surface area (Å²) in [4.78, 5) is 22.9. The molecule has 0 aliphatic carbocycles. The lowest BCUT2D eigenvalue weighted by atomic mass is 9.93. The standard InChI is InChI=1S/C25H38N4O3/c1-4-5-8-24-26-16-21(28-24)18-29-13-6-7-19(17-29)9-12-25(30)27-15-20-10-11-22(31-2)14-23(20)32-3/h10-11,14,16,19H,4-9,12-13,15,17-18H2,1-3H3,(H,26,28)(H,27,30). The number of unbranched alkanes of at least 4 members (excludes halogenated alkanes) is 1. The van der Waals surface area contributed by atoms with Crippen molar-refractivity contribution in [1.82, 2.24) is 20.2 Å². The van der Waals surface area contributed by atoms with Crippen molar-refractivity contribution in [2.24, 2.45) is 5.92 Å². The summed E-state index contributed by atoms with van der Waals surface area (Å²) >= 11 is 0. The minimum Gasteiger partial charge on any atom is -0.497 e. The van der Waals surface area contributed by atoms with E-state index in [1.165, 1.54) is 31.4 Å². The quantitative estimate of drug-likeness (QED) is 0.518. The van der Waals surface area contributed by atoms with Crippen molar-refractivity contribution < 1.29 is 14.3 Å². The van der Waals surface area contributed by atoms with Crippen molar-refractivity contribution in [2.75, 3.05) is 27.3 Å². The van der Waals surface area contributed by atoms with E-state index >= 15 is 0 Å². The molecule has 1 aliphatic rings. The minimum absolute atomic E-state index is 0.0918. The van der Waals surface area contributed by atoms with E-state index in [4.69, 9.17) is 9.47 Å². The van der Waals surface area contributed by atoms with Crippen LogP contribution in [-0.2, 0) is 24.3 Å². The van der Waals surface area contributed by atoms with Gasteiger partial charge in [-0.2, -0.15) is 0 Å². The number of nitrogens with one attached hydrogen (secondary N) is 2. The van der Waals surface area contributed by atoms with Gasteiger partial charge in [-0.3, -0.25) is 9.69 Å². The van der Waals surface area contributed by atoms with E-state index in [0.29, 0.717) is 18.9 Å². The first-order valence-electron chi connectivity index (χ1n) is 11.8.